The zero-order chi connectivity index (χ0) is 12.9. The van der Waals surface area contributed by atoms with Crippen molar-refractivity contribution in [2.75, 3.05) is 13.1 Å². The van der Waals surface area contributed by atoms with Gasteiger partial charge in [0.2, 0.25) is 0 Å². The van der Waals surface area contributed by atoms with Crippen LogP contribution in [0, 0.1) is 26.7 Å². The molecule has 3 aliphatic heterocycles. The highest BCUT2D eigenvalue weighted by molar-refractivity contribution is 5.36. The van der Waals surface area contributed by atoms with Crippen LogP contribution in [0.3, 0.4) is 0 Å². The lowest BCUT2D eigenvalue weighted by Gasteiger charge is -2.50. The molecule has 3 fully saturated rings. The van der Waals surface area contributed by atoms with E-state index in [9.17, 15) is 0 Å². The van der Waals surface area contributed by atoms with Crippen LogP contribution in [0.2, 0.25) is 0 Å². The highest BCUT2D eigenvalue weighted by atomic mass is 15.2. The van der Waals surface area contributed by atoms with E-state index >= 15 is 0 Å². The second kappa shape index (κ2) is 4.34. The Morgan fingerprint density at radius 1 is 1.17 bits per heavy atom. The van der Waals surface area contributed by atoms with Crippen LogP contribution < -0.4 is 0 Å². The first-order chi connectivity index (χ1) is 8.58. The molecule has 3 aliphatic rings. The predicted octanol–water partition coefficient (Wildman–Crippen LogP) is 3.20. The van der Waals surface area contributed by atoms with Crippen LogP contribution in [0.15, 0.2) is 6.07 Å². The van der Waals surface area contributed by atoms with Gasteiger partial charge in [0.1, 0.15) is 0 Å². The van der Waals surface area contributed by atoms with Gasteiger partial charge < -0.3 is 4.90 Å². The molecule has 2 atom stereocenters. The van der Waals surface area contributed by atoms with Gasteiger partial charge in [-0.3, -0.25) is 4.98 Å². The van der Waals surface area contributed by atoms with Gasteiger partial charge in [0, 0.05) is 23.3 Å². The van der Waals surface area contributed by atoms with E-state index in [0.29, 0.717) is 12.0 Å². The van der Waals surface area contributed by atoms with Gasteiger partial charge in [-0.2, -0.15) is 0 Å². The highest BCUT2D eigenvalue weighted by Gasteiger charge is 2.41. The van der Waals surface area contributed by atoms with E-state index in [2.05, 4.69) is 38.7 Å². The van der Waals surface area contributed by atoms with Crippen molar-refractivity contribution in [3.63, 3.8) is 0 Å². The zero-order valence-corrected chi connectivity index (χ0v) is 12.0. The normalized spacial score (nSPS) is 34.9. The molecule has 2 heteroatoms. The molecule has 2 bridgehead atoms. The first kappa shape index (κ1) is 12.2. The number of aryl methyl sites for hydroxylation is 3. The molecule has 0 spiro atoms. The Morgan fingerprint density at radius 3 is 2.39 bits per heavy atom. The molecule has 98 valence electrons. The number of hydrogen-bond acceptors (Lipinski definition) is 2. The molecule has 1 aromatic rings. The maximum absolute atomic E-state index is 4.71. The lowest BCUT2D eigenvalue weighted by atomic mass is 9.70. The minimum Gasteiger partial charge on any atom is -0.300 e. The monoisotopic (exact) mass is 244 g/mol. The predicted molar refractivity (Wildman–Crippen MR) is 74.9 cm³/mol. The van der Waals surface area contributed by atoms with Gasteiger partial charge in [-0.15, -0.1) is 0 Å². The number of nitrogens with zero attached hydrogens (tertiary/aromatic N) is 2. The molecule has 0 aliphatic carbocycles. The second-order valence-corrected chi connectivity index (χ2v) is 6.22. The van der Waals surface area contributed by atoms with Crippen molar-refractivity contribution >= 4 is 0 Å². The lowest BCUT2D eigenvalue weighted by Crippen LogP contribution is -2.52. The summed E-state index contributed by atoms with van der Waals surface area (Å²) < 4.78 is 0. The fourth-order valence-corrected chi connectivity index (χ4v) is 4.32. The third kappa shape index (κ3) is 1.78. The van der Waals surface area contributed by atoms with Gasteiger partial charge >= 0.3 is 0 Å². The van der Waals surface area contributed by atoms with E-state index in [-0.39, 0.29) is 0 Å². The van der Waals surface area contributed by atoms with Crippen LogP contribution in [0.4, 0.5) is 0 Å². The van der Waals surface area contributed by atoms with Gasteiger partial charge in [0.15, 0.2) is 0 Å². The van der Waals surface area contributed by atoms with E-state index in [0.717, 1.165) is 11.6 Å². The number of pyridine rings is 1. The first-order valence-electron chi connectivity index (χ1n) is 7.26. The summed E-state index contributed by atoms with van der Waals surface area (Å²) >= 11 is 0. The summed E-state index contributed by atoms with van der Waals surface area (Å²) in [5.74, 6) is 1.59. The third-order valence-electron chi connectivity index (χ3n) is 5.10. The minimum atomic E-state index is 0.694. The molecule has 4 rings (SSSR count). The molecule has 2 nitrogen and oxygen atoms in total. The standard InChI is InChI=1S/C16H24N2/c1-10-9-11(2)17-12(3)15(10)16-13(4)18-7-5-14(16)6-8-18/h9,13-14,16H,5-8H2,1-4H3/t13-,16?/m1/s1. The second-order valence-electron chi connectivity index (χ2n) is 6.22. The summed E-state index contributed by atoms with van der Waals surface area (Å²) in [5.41, 5.74) is 5.41. The highest BCUT2D eigenvalue weighted by Crippen LogP contribution is 2.44. The molecule has 3 saturated heterocycles. The van der Waals surface area contributed by atoms with Gasteiger partial charge in [0.05, 0.1) is 0 Å². The fraction of sp³-hybridized carbons (Fsp3) is 0.688. The fourth-order valence-electron chi connectivity index (χ4n) is 4.32. The van der Waals surface area contributed by atoms with Crippen LogP contribution in [-0.4, -0.2) is 29.0 Å². The van der Waals surface area contributed by atoms with Crippen molar-refractivity contribution in [3.05, 3.63) is 28.6 Å². The Kier molecular flexibility index (Phi) is 2.93. The number of hydrogen-bond donors (Lipinski definition) is 0. The molecule has 0 N–H and O–H groups in total. The van der Waals surface area contributed by atoms with Crippen molar-refractivity contribution in [1.82, 2.24) is 9.88 Å². The maximum Gasteiger partial charge on any atom is 0.0413 e. The van der Waals surface area contributed by atoms with Crippen molar-refractivity contribution in [2.45, 2.75) is 52.5 Å². The average Bonchev–Trinajstić information content (AvgIpc) is 2.32. The SMILES string of the molecule is Cc1cc(C)c(C2C3CCN(CC3)[C@@H]2C)c(C)n1. The molecule has 1 unspecified atom stereocenters. The summed E-state index contributed by atoms with van der Waals surface area (Å²) in [5, 5.41) is 0. The minimum absolute atomic E-state index is 0.694. The lowest BCUT2D eigenvalue weighted by molar-refractivity contribution is 0.0344. The largest absolute Gasteiger partial charge is 0.300 e. The van der Waals surface area contributed by atoms with Crippen LogP contribution in [-0.2, 0) is 0 Å². The van der Waals surface area contributed by atoms with Crippen molar-refractivity contribution < 1.29 is 0 Å². The topological polar surface area (TPSA) is 16.1 Å². The van der Waals surface area contributed by atoms with Gasteiger partial charge in [-0.05, 0) is 76.7 Å². The summed E-state index contributed by atoms with van der Waals surface area (Å²) in [6.45, 7) is 11.6. The number of aromatic nitrogens is 1. The molecule has 4 heterocycles. The van der Waals surface area contributed by atoms with Crippen LogP contribution >= 0.6 is 0 Å². The quantitative estimate of drug-likeness (QED) is 0.754. The Balaban J connectivity index is 2.04. The van der Waals surface area contributed by atoms with Gasteiger partial charge in [-0.1, -0.05) is 0 Å². The number of fused-ring (bicyclic) bond motifs is 3. The summed E-state index contributed by atoms with van der Waals surface area (Å²) in [6.07, 6.45) is 2.75. The third-order valence-corrected chi connectivity index (χ3v) is 5.10. The maximum atomic E-state index is 4.71. The van der Waals surface area contributed by atoms with E-state index in [1.165, 1.54) is 37.2 Å². The van der Waals surface area contributed by atoms with E-state index in [4.69, 9.17) is 4.98 Å². The number of piperidine rings is 3. The Labute approximate surface area is 110 Å². The molecule has 0 radical (unpaired) electrons. The molecular weight excluding hydrogens is 220 g/mol. The molecule has 18 heavy (non-hydrogen) atoms. The summed E-state index contributed by atoms with van der Waals surface area (Å²) in [4.78, 5) is 7.38. The van der Waals surface area contributed by atoms with E-state index in [1.807, 2.05) is 0 Å². The van der Waals surface area contributed by atoms with Crippen molar-refractivity contribution in [3.8, 4) is 0 Å². The Bertz CT molecular complexity index is 433. The van der Waals surface area contributed by atoms with Crippen LogP contribution in [0.1, 0.15) is 48.2 Å². The summed E-state index contributed by atoms with van der Waals surface area (Å²) in [6, 6.07) is 2.95. The number of rotatable bonds is 1. The molecular formula is C16H24N2. The molecule has 0 amide bonds. The van der Waals surface area contributed by atoms with E-state index in [1.54, 1.807) is 5.56 Å². The van der Waals surface area contributed by atoms with E-state index < -0.39 is 0 Å². The smallest absolute Gasteiger partial charge is 0.0413 e. The average molecular weight is 244 g/mol. The van der Waals surface area contributed by atoms with Gasteiger partial charge in [-0.25, -0.2) is 0 Å². The zero-order valence-electron chi connectivity index (χ0n) is 12.0. The molecule has 1 aromatic heterocycles. The Morgan fingerprint density at radius 2 is 1.83 bits per heavy atom. The van der Waals surface area contributed by atoms with Crippen LogP contribution in [0.5, 0.6) is 0 Å². The van der Waals surface area contributed by atoms with Crippen molar-refractivity contribution in [1.29, 1.82) is 0 Å². The first-order valence-corrected chi connectivity index (χ1v) is 7.26. The molecule has 0 saturated carbocycles. The van der Waals surface area contributed by atoms with Crippen LogP contribution in [0.25, 0.3) is 0 Å². The van der Waals surface area contributed by atoms with Crippen molar-refractivity contribution in [2.24, 2.45) is 5.92 Å². The van der Waals surface area contributed by atoms with Gasteiger partial charge in [0.25, 0.3) is 0 Å². The summed E-state index contributed by atoms with van der Waals surface area (Å²) in [7, 11) is 0. The molecule has 0 aromatic carbocycles. The Hall–Kier alpha value is -0.890.